The molecule has 0 bridgehead atoms. The van der Waals surface area contributed by atoms with Crippen molar-refractivity contribution < 1.29 is 4.74 Å². The molecule has 2 aliphatic rings. The molecule has 2 heterocycles. The van der Waals surface area contributed by atoms with E-state index in [1.165, 1.54) is 0 Å². The van der Waals surface area contributed by atoms with E-state index < -0.39 is 0 Å². The van der Waals surface area contributed by atoms with E-state index in [0.717, 1.165) is 30.2 Å². The van der Waals surface area contributed by atoms with E-state index in [9.17, 15) is 4.91 Å². The molecule has 1 fully saturated rings. The molecule has 0 aromatic heterocycles. The maximum Gasteiger partial charge on any atom is 0.153 e. The van der Waals surface area contributed by atoms with Crippen molar-refractivity contribution >= 4 is 23.1 Å². The summed E-state index contributed by atoms with van der Waals surface area (Å²) in [6, 6.07) is 13.4. The van der Waals surface area contributed by atoms with Gasteiger partial charge in [0.05, 0.1) is 11.3 Å². The van der Waals surface area contributed by atoms with Gasteiger partial charge in [0, 0.05) is 37.1 Å². The monoisotopic (exact) mass is 382 g/mol. The molecule has 0 amide bonds. The molecule has 1 saturated heterocycles. The van der Waals surface area contributed by atoms with Crippen LogP contribution >= 0.6 is 11.6 Å². The van der Waals surface area contributed by atoms with E-state index in [1.54, 1.807) is 12.1 Å². The maximum absolute atomic E-state index is 10.7. The van der Waals surface area contributed by atoms with Crippen LogP contribution in [0.4, 0.5) is 5.69 Å². The van der Waals surface area contributed by atoms with Crippen LogP contribution in [0, 0.1) is 4.91 Å². The van der Waals surface area contributed by atoms with Gasteiger partial charge in [-0.1, -0.05) is 30.3 Å². The summed E-state index contributed by atoms with van der Waals surface area (Å²) in [5.74, 6) is 2.27. The second kappa shape index (κ2) is 7.50. The lowest BCUT2D eigenvalue weighted by molar-refractivity contribution is 0.289. The third-order valence-corrected chi connectivity index (χ3v) is 4.90. The van der Waals surface area contributed by atoms with Gasteiger partial charge in [0.25, 0.3) is 0 Å². The van der Waals surface area contributed by atoms with Crippen molar-refractivity contribution in [2.75, 3.05) is 19.6 Å². The highest BCUT2D eigenvalue weighted by molar-refractivity contribution is 6.31. The lowest BCUT2D eigenvalue weighted by Crippen LogP contribution is -2.52. The SMILES string of the molecule is C=C(C[C@H]1CN(C2=Nc3cc(Cl)ccc3Oc3ccccc32)CCN1)N=O. The van der Waals surface area contributed by atoms with Crippen molar-refractivity contribution in [1.29, 1.82) is 0 Å². The Kier molecular flexibility index (Phi) is 4.92. The van der Waals surface area contributed by atoms with Gasteiger partial charge in [0.1, 0.15) is 17.3 Å². The minimum absolute atomic E-state index is 0.0850. The fourth-order valence-electron chi connectivity index (χ4n) is 3.41. The fraction of sp³-hybridized carbons (Fsp3) is 0.250. The van der Waals surface area contributed by atoms with Gasteiger partial charge in [-0.2, -0.15) is 0 Å². The number of hydrogen-bond donors (Lipinski definition) is 1. The zero-order valence-corrected chi connectivity index (χ0v) is 15.4. The summed E-state index contributed by atoms with van der Waals surface area (Å²) >= 11 is 6.17. The van der Waals surface area contributed by atoms with Crippen molar-refractivity contribution in [2.24, 2.45) is 10.2 Å². The molecule has 2 aromatic carbocycles. The van der Waals surface area contributed by atoms with Crippen molar-refractivity contribution in [3.05, 3.63) is 70.2 Å². The Morgan fingerprint density at radius 3 is 3.04 bits per heavy atom. The van der Waals surface area contributed by atoms with Gasteiger partial charge >= 0.3 is 0 Å². The lowest BCUT2D eigenvalue weighted by Gasteiger charge is -2.35. The standard InChI is InChI=1S/C20H19ClN4O2/c1-13(24-26)10-15-12-25(9-8-22-15)20-16-4-2-3-5-18(16)27-19-7-6-14(21)11-17(19)23-20/h2-7,11,15,22H,1,8-10,12H2/t15-/m0/s1. The van der Waals surface area contributed by atoms with Crippen LogP contribution < -0.4 is 10.1 Å². The summed E-state index contributed by atoms with van der Waals surface area (Å²) in [7, 11) is 0. The van der Waals surface area contributed by atoms with Crippen LogP contribution in [0.1, 0.15) is 12.0 Å². The predicted molar refractivity (Wildman–Crippen MR) is 107 cm³/mol. The molecule has 2 aliphatic heterocycles. The zero-order chi connectivity index (χ0) is 18.8. The molecule has 0 radical (unpaired) electrons. The van der Waals surface area contributed by atoms with E-state index >= 15 is 0 Å². The van der Waals surface area contributed by atoms with Crippen LogP contribution in [0.3, 0.4) is 0 Å². The average molecular weight is 383 g/mol. The molecule has 0 unspecified atom stereocenters. The largest absolute Gasteiger partial charge is 0.454 e. The highest BCUT2D eigenvalue weighted by Crippen LogP contribution is 2.39. The number of benzene rings is 2. The van der Waals surface area contributed by atoms with Crippen LogP contribution in [0.2, 0.25) is 5.02 Å². The number of rotatable bonds is 3. The predicted octanol–water partition coefficient (Wildman–Crippen LogP) is 4.47. The van der Waals surface area contributed by atoms with Crippen molar-refractivity contribution in [2.45, 2.75) is 12.5 Å². The number of halogens is 1. The van der Waals surface area contributed by atoms with E-state index in [1.807, 2.05) is 30.3 Å². The number of para-hydroxylation sites is 1. The minimum Gasteiger partial charge on any atom is -0.454 e. The molecular formula is C20H19ClN4O2. The Hall–Kier alpha value is -2.70. The molecule has 27 heavy (non-hydrogen) atoms. The number of ether oxygens (including phenoxy) is 1. The molecule has 4 rings (SSSR count). The molecular weight excluding hydrogens is 364 g/mol. The van der Waals surface area contributed by atoms with E-state index in [0.29, 0.717) is 35.1 Å². The van der Waals surface area contributed by atoms with Gasteiger partial charge in [0.15, 0.2) is 5.75 Å². The van der Waals surface area contributed by atoms with Crippen LogP contribution in [-0.4, -0.2) is 36.4 Å². The molecule has 0 aliphatic carbocycles. The van der Waals surface area contributed by atoms with E-state index in [2.05, 4.69) is 22.0 Å². The summed E-state index contributed by atoms with van der Waals surface area (Å²) in [6.45, 7) is 5.96. The number of hydrogen-bond acceptors (Lipinski definition) is 6. The highest BCUT2D eigenvalue weighted by atomic mass is 35.5. The number of nitrogens with one attached hydrogen (secondary N) is 1. The molecule has 138 valence electrons. The summed E-state index contributed by atoms with van der Waals surface area (Å²) in [5, 5.41) is 6.96. The smallest absolute Gasteiger partial charge is 0.153 e. The topological polar surface area (TPSA) is 66.3 Å². The first kappa shape index (κ1) is 17.7. The minimum atomic E-state index is 0.0850. The first-order valence-electron chi connectivity index (χ1n) is 8.79. The number of piperazine rings is 1. The Morgan fingerprint density at radius 1 is 1.33 bits per heavy atom. The number of nitrogens with zero attached hydrogens (tertiary/aromatic N) is 3. The molecule has 1 N–H and O–H groups in total. The Morgan fingerprint density at radius 2 is 2.19 bits per heavy atom. The highest BCUT2D eigenvalue weighted by Gasteiger charge is 2.27. The quantitative estimate of drug-likeness (QED) is 0.795. The van der Waals surface area contributed by atoms with Crippen molar-refractivity contribution in [1.82, 2.24) is 10.2 Å². The van der Waals surface area contributed by atoms with Gasteiger partial charge < -0.3 is 15.0 Å². The van der Waals surface area contributed by atoms with Crippen LogP contribution in [-0.2, 0) is 0 Å². The molecule has 0 saturated carbocycles. The Bertz CT molecular complexity index is 928. The first-order valence-corrected chi connectivity index (χ1v) is 9.17. The van der Waals surface area contributed by atoms with Crippen LogP contribution in [0.15, 0.2) is 64.9 Å². The number of amidine groups is 1. The van der Waals surface area contributed by atoms with Crippen LogP contribution in [0.25, 0.3) is 0 Å². The number of fused-ring (bicyclic) bond motifs is 2. The van der Waals surface area contributed by atoms with Gasteiger partial charge in [-0.15, -0.1) is 4.91 Å². The third-order valence-electron chi connectivity index (χ3n) is 4.66. The maximum atomic E-state index is 10.7. The van der Waals surface area contributed by atoms with Crippen molar-refractivity contribution in [3.8, 4) is 11.5 Å². The second-order valence-corrected chi connectivity index (χ2v) is 7.04. The van der Waals surface area contributed by atoms with E-state index in [4.69, 9.17) is 21.3 Å². The Balaban J connectivity index is 1.73. The summed E-state index contributed by atoms with van der Waals surface area (Å²) in [4.78, 5) is 17.8. The number of aliphatic imine (C=N–C) groups is 1. The molecule has 1 atom stereocenters. The van der Waals surface area contributed by atoms with Crippen molar-refractivity contribution in [3.63, 3.8) is 0 Å². The molecule has 2 aromatic rings. The zero-order valence-electron chi connectivity index (χ0n) is 14.7. The molecule has 6 nitrogen and oxygen atoms in total. The summed E-state index contributed by atoms with van der Waals surface area (Å²) < 4.78 is 6.10. The normalized spacial score (nSPS) is 18.5. The second-order valence-electron chi connectivity index (χ2n) is 6.60. The number of nitroso groups, excluding NO2 is 1. The van der Waals surface area contributed by atoms with Gasteiger partial charge in [0.2, 0.25) is 0 Å². The lowest BCUT2D eigenvalue weighted by atomic mass is 10.1. The third kappa shape index (κ3) is 3.72. The first-order chi connectivity index (χ1) is 13.1. The Labute approximate surface area is 162 Å². The van der Waals surface area contributed by atoms with Gasteiger partial charge in [-0.3, -0.25) is 0 Å². The summed E-state index contributed by atoms with van der Waals surface area (Å²) in [6.07, 6.45) is 0.508. The fourth-order valence-corrected chi connectivity index (χ4v) is 3.58. The average Bonchev–Trinajstić information content (AvgIpc) is 2.84. The van der Waals surface area contributed by atoms with Crippen LogP contribution in [0.5, 0.6) is 11.5 Å². The molecule has 7 heteroatoms. The van der Waals surface area contributed by atoms with Gasteiger partial charge in [-0.05, 0) is 35.5 Å². The summed E-state index contributed by atoms with van der Waals surface area (Å²) in [5.41, 5.74) is 1.97. The van der Waals surface area contributed by atoms with E-state index in [-0.39, 0.29) is 6.04 Å². The van der Waals surface area contributed by atoms with Gasteiger partial charge in [-0.25, -0.2) is 4.99 Å². The molecule has 0 spiro atoms.